The van der Waals surface area contributed by atoms with Gasteiger partial charge in [-0.15, -0.1) is 0 Å². The molecule has 8 heteroatoms. The molecule has 0 saturated carbocycles. The van der Waals surface area contributed by atoms with Crippen LogP contribution in [-0.2, 0) is 24.7 Å². The maximum Gasteiger partial charge on any atom is 0.296 e. The highest BCUT2D eigenvalue weighted by Gasteiger charge is 2.66. The first kappa shape index (κ1) is 25.4. The minimum Gasteiger partial charge on any atom is -0.507 e. The van der Waals surface area contributed by atoms with E-state index in [-0.39, 0.29) is 17.9 Å². The van der Waals surface area contributed by atoms with Gasteiger partial charge in [-0.05, 0) is 49.6 Å². The molecule has 2 heterocycles. The van der Waals surface area contributed by atoms with Gasteiger partial charge < -0.3 is 24.4 Å². The molecule has 0 unspecified atom stereocenters. The van der Waals surface area contributed by atoms with E-state index < -0.39 is 23.1 Å². The number of ether oxygens (including phenoxy) is 2. The molecular formula is C28H32N2O6. The van der Waals surface area contributed by atoms with Crippen LogP contribution in [0.5, 0.6) is 5.75 Å². The van der Waals surface area contributed by atoms with E-state index in [2.05, 4.69) is 0 Å². The summed E-state index contributed by atoms with van der Waals surface area (Å²) in [5.41, 5.74) is -0.466. The van der Waals surface area contributed by atoms with Crippen LogP contribution in [0.1, 0.15) is 44.2 Å². The van der Waals surface area contributed by atoms with E-state index in [0.29, 0.717) is 55.2 Å². The molecule has 1 spiro atoms. The van der Waals surface area contributed by atoms with E-state index >= 15 is 0 Å². The molecule has 190 valence electrons. The van der Waals surface area contributed by atoms with Gasteiger partial charge in [0.15, 0.2) is 5.54 Å². The number of Topliss-reactive ketones (excluding diaryl/α,β-unsaturated/α-hetero) is 1. The predicted molar refractivity (Wildman–Crippen MR) is 136 cm³/mol. The van der Waals surface area contributed by atoms with Crippen LogP contribution in [0.2, 0.25) is 0 Å². The normalized spacial score (nSPS) is 20.5. The number of fused-ring (bicyclic) bond motifs is 2. The van der Waals surface area contributed by atoms with Gasteiger partial charge in [0.05, 0.1) is 17.9 Å². The van der Waals surface area contributed by atoms with Gasteiger partial charge in [0.25, 0.3) is 17.6 Å². The average molecular weight is 493 g/mol. The van der Waals surface area contributed by atoms with Crippen LogP contribution in [0.25, 0.3) is 5.76 Å². The molecule has 0 bridgehead atoms. The minimum absolute atomic E-state index is 0.124. The number of aliphatic hydroxyl groups is 1. The van der Waals surface area contributed by atoms with E-state index in [4.69, 9.17) is 9.47 Å². The standard InChI is InChI=1S/C28H32N2O6/c1-4-15-29-22-10-7-6-9-21(22)28(27(29)34)23(25(32)26(33)30(28)16-8-18-35-3)24(31)19-11-13-20(14-12-19)36-17-5-2/h6-7,9-14,31H,4-5,8,15-18H2,1-3H3/t28-/m0/s1. The topological polar surface area (TPSA) is 96.4 Å². The second-order valence-electron chi connectivity index (χ2n) is 8.91. The first-order valence-corrected chi connectivity index (χ1v) is 12.4. The van der Waals surface area contributed by atoms with Crippen LogP contribution in [-0.4, -0.2) is 61.0 Å². The van der Waals surface area contributed by atoms with Crippen molar-refractivity contribution in [1.82, 2.24) is 4.90 Å². The molecule has 2 aromatic carbocycles. The number of aliphatic hydroxyl groups excluding tert-OH is 1. The van der Waals surface area contributed by atoms with E-state index in [1.165, 1.54) is 4.90 Å². The first-order valence-electron chi connectivity index (χ1n) is 12.4. The number of hydrogen-bond donors (Lipinski definition) is 1. The van der Waals surface area contributed by atoms with Crippen LogP contribution in [0.3, 0.4) is 0 Å². The average Bonchev–Trinajstić information content (AvgIpc) is 3.27. The number of anilines is 1. The summed E-state index contributed by atoms with van der Waals surface area (Å²) in [6, 6.07) is 13.8. The summed E-state index contributed by atoms with van der Waals surface area (Å²) in [5, 5.41) is 11.5. The lowest BCUT2D eigenvalue weighted by atomic mass is 9.82. The third-order valence-electron chi connectivity index (χ3n) is 6.59. The molecule has 2 aromatic rings. The highest BCUT2D eigenvalue weighted by atomic mass is 16.5. The van der Waals surface area contributed by atoms with Crippen molar-refractivity contribution < 1.29 is 29.0 Å². The molecule has 2 aliphatic rings. The fourth-order valence-electron chi connectivity index (χ4n) is 5.05. The highest BCUT2D eigenvalue weighted by Crippen LogP contribution is 2.53. The summed E-state index contributed by atoms with van der Waals surface area (Å²) < 4.78 is 10.8. The number of methoxy groups -OCH3 is 1. The molecular weight excluding hydrogens is 460 g/mol. The summed E-state index contributed by atoms with van der Waals surface area (Å²) >= 11 is 0. The van der Waals surface area contributed by atoms with Crippen molar-refractivity contribution in [3.05, 3.63) is 65.2 Å². The van der Waals surface area contributed by atoms with Crippen molar-refractivity contribution in [3.63, 3.8) is 0 Å². The predicted octanol–water partition coefficient (Wildman–Crippen LogP) is 3.84. The Labute approximate surface area is 211 Å². The van der Waals surface area contributed by atoms with Crippen LogP contribution >= 0.6 is 0 Å². The number of benzene rings is 2. The van der Waals surface area contributed by atoms with Crippen LogP contribution < -0.4 is 9.64 Å². The number of ketones is 1. The largest absolute Gasteiger partial charge is 0.507 e. The van der Waals surface area contributed by atoms with Crippen molar-refractivity contribution in [3.8, 4) is 5.75 Å². The smallest absolute Gasteiger partial charge is 0.296 e. The molecule has 0 radical (unpaired) electrons. The first-order chi connectivity index (χ1) is 17.4. The zero-order chi connectivity index (χ0) is 25.9. The molecule has 1 fully saturated rings. The SMILES string of the molecule is CCCOc1ccc(C(O)=C2C(=O)C(=O)N(CCCOC)[C@]23C(=O)N(CCC)c2ccccc23)cc1. The van der Waals surface area contributed by atoms with Crippen molar-refractivity contribution in [2.24, 2.45) is 0 Å². The summed E-state index contributed by atoms with van der Waals surface area (Å²) in [4.78, 5) is 44.1. The Kier molecular flexibility index (Phi) is 7.45. The van der Waals surface area contributed by atoms with Gasteiger partial charge in [-0.25, -0.2) is 0 Å². The summed E-state index contributed by atoms with van der Waals surface area (Å²) in [6.07, 6.45) is 1.97. The van der Waals surface area contributed by atoms with E-state index in [9.17, 15) is 19.5 Å². The van der Waals surface area contributed by atoms with Gasteiger partial charge >= 0.3 is 0 Å². The molecule has 1 atom stereocenters. The minimum atomic E-state index is -1.74. The van der Waals surface area contributed by atoms with Crippen LogP contribution in [0, 0.1) is 0 Å². The Morgan fingerprint density at radius 2 is 1.67 bits per heavy atom. The monoisotopic (exact) mass is 492 g/mol. The third kappa shape index (κ3) is 3.95. The zero-order valence-electron chi connectivity index (χ0n) is 21.0. The Bertz CT molecular complexity index is 1190. The summed E-state index contributed by atoms with van der Waals surface area (Å²) in [7, 11) is 1.55. The molecule has 0 aromatic heterocycles. The van der Waals surface area contributed by atoms with Gasteiger partial charge in [-0.1, -0.05) is 32.0 Å². The molecule has 1 saturated heterocycles. The van der Waals surface area contributed by atoms with Crippen molar-refractivity contribution in [1.29, 1.82) is 0 Å². The Morgan fingerprint density at radius 3 is 2.33 bits per heavy atom. The number of para-hydroxylation sites is 1. The van der Waals surface area contributed by atoms with Crippen molar-refractivity contribution in [2.45, 2.75) is 38.6 Å². The highest BCUT2D eigenvalue weighted by molar-refractivity contribution is 6.50. The summed E-state index contributed by atoms with van der Waals surface area (Å²) in [6.45, 7) is 5.41. The van der Waals surface area contributed by atoms with Crippen LogP contribution in [0.4, 0.5) is 5.69 Å². The number of rotatable bonds is 10. The number of carbonyl (C=O) groups is 3. The fourth-order valence-corrected chi connectivity index (χ4v) is 5.05. The van der Waals surface area contributed by atoms with Gasteiger partial charge in [-0.3, -0.25) is 14.4 Å². The van der Waals surface area contributed by atoms with Gasteiger partial charge in [0, 0.05) is 37.9 Å². The van der Waals surface area contributed by atoms with Crippen molar-refractivity contribution >= 4 is 29.0 Å². The maximum absolute atomic E-state index is 14.2. The van der Waals surface area contributed by atoms with E-state index in [0.717, 1.165) is 6.42 Å². The Morgan fingerprint density at radius 1 is 0.944 bits per heavy atom. The molecule has 2 amide bonds. The van der Waals surface area contributed by atoms with Crippen molar-refractivity contribution in [2.75, 3.05) is 38.3 Å². The lowest BCUT2D eigenvalue weighted by molar-refractivity contribution is -0.143. The molecule has 0 aliphatic carbocycles. The molecule has 36 heavy (non-hydrogen) atoms. The van der Waals surface area contributed by atoms with Gasteiger partial charge in [0.1, 0.15) is 11.5 Å². The quantitative estimate of drug-likeness (QED) is 0.234. The Hall–Kier alpha value is -3.65. The number of carbonyl (C=O) groups excluding carboxylic acids is 3. The molecule has 1 N–H and O–H groups in total. The van der Waals surface area contributed by atoms with Crippen LogP contribution in [0.15, 0.2) is 54.1 Å². The Balaban J connectivity index is 1.93. The van der Waals surface area contributed by atoms with Gasteiger partial charge in [0.2, 0.25) is 0 Å². The fraction of sp³-hybridized carbons (Fsp3) is 0.393. The zero-order valence-corrected chi connectivity index (χ0v) is 21.0. The lowest BCUT2D eigenvalue weighted by Gasteiger charge is -2.34. The summed E-state index contributed by atoms with van der Waals surface area (Å²) in [5.74, 6) is -1.85. The van der Waals surface area contributed by atoms with Gasteiger partial charge in [-0.2, -0.15) is 0 Å². The third-order valence-corrected chi connectivity index (χ3v) is 6.59. The number of likely N-dealkylation sites (tertiary alicyclic amines) is 1. The number of hydrogen-bond acceptors (Lipinski definition) is 6. The second kappa shape index (κ2) is 10.5. The molecule has 2 aliphatic heterocycles. The number of nitrogens with zero attached hydrogens (tertiary/aromatic N) is 2. The van der Waals surface area contributed by atoms with E-state index in [1.807, 2.05) is 26.0 Å². The maximum atomic E-state index is 14.2. The number of amides is 2. The molecule has 4 rings (SSSR count). The lowest BCUT2D eigenvalue weighted by Crippen LogP contribution is -2.52. The molecule has 8 nitrogen and oxygen atoms in total. The second-order valence-corrected chi connectivity index (χ2v) is 8.91. The van der Waals surface area contributed by atoms with E-state index in [1.54, 1.807) is 48.4 Å².